The van der Waals surface area contributed by atoms with Gasteiger partial charge in [0.1, 0.15) is 12.2 Å². The SMILES string of the molecule is CCOC(=O)CO[C@@H](C(=O)OC(C)(C)C)[C@@H](OCCCCCc1ccc(C)c(C)c1)C(=O)N(C)CCCCCNc1ccc2ncsc2c1. The number of fused-ring (bicyclic) bond motifs is 1. The Balaban J connectivity index is 1.58. The Hall–Kier alpha value is -3.54. The molecule has 1 N–H and O–H groups in total. The van der Waals surface area contributed by atoms with Gasteiger partial charge in [-0.05, 0) is 115 Å². The van der Waals surface area contributed by atoms with Crippen molar-refractivity contribution in [1.29, 1.82) is 0 Å². The van der Waals surface area contributed by atoms with Crippen LogP contribution < -0.4 is 5.32 Å². The molecule has 11 heteroatoms. The van der Waals surface area contributed by atoms with Crippen LogP contribution >= 0.6 is 11.3 Å². The first-order chi connectivity index (χ1) is 23.4. The molecule has 0 fully saturated rings. The summed E-state index contributed by atoms with van der Waals surface area (Å²) >= 11 is 1.62. The second-order valence-electron chi connectivity index (χ2n) is 13.4. The van der Waals surface area contributed by atoms with Gasteiger partial charge in [0, 0.05) is 32.4 Å². The smallest absolute Gasteiger partial charge is 0.339 e. The molecule has 3 rings (SSSR count). The fourth-order valence-electron chi connectivity index (χ4n) is 5.24. The third kappa shape index (κ3) is 14.1. The average Bonchev–Trinajstić information content (AvgIpc) is 3.52. The molecule has 0 bridgehead atoms. The minimum atomic E-state index is -1.44. The second kappa shape index (κ2) is 20.2. The van der Waals surface area contributed by atoms with E-state index in [4.69, 9.17) is 18.9 Å². The lowest BCUT2D eigenvalue weighted by Gasteiger charge is -2.31. The van der Waals surface area contributed by atoms with Crippen LogP contribution in [0.5, 0.6) is 0 Å². The second-order valence-corrected chi connectivity index (χ2v) is 14.3. The topological polar surface area (TPSA) is 116 Å². The number of carbonyl (C=O) groups is 3. The highest BCUT2D eigenvalue weighted by Gasteiger charge is 2.40. The molecule has 1 amide bonds. The van der Waals surface area contributed by atoms with Gasteiger partial charge in [0.2, 0.25) is 0 Å². The van der Waals surface area contributed by atoms with Crippen LogP contribution in [0.1, 0.15) is 82.9 Å². The Morgan fingerprint density at radius 1 is 0.918 bits per heavy atom. The molecule has 10 nitrogen and oxygen atoms in total. The summed E-state index contributed by atoms with van der Waals surface area (Å²) in [7, 11) is 1.70. The number of aromatic nitrogens is 1. The van der Waals surface area contributed by atoms with E-state index < -0.39 is 42.3 Å². The fraction of sp³-hybridized carbons (Fsp3) is 0.579. The highest BCUT2D eigenvalue weighted by atomic mass is 32.1. The van der Waals surface area contributed by atoms with E-state index >= 15 is 0 Å². The number of ether oxygens (including phenoxy) is 4. The highest BCUT2D eigenvalue weighted by molar-refractivity contribution is 7.16. The summed E-state index contributed by atoms with van der Waals surface area (Å²) < 4.78 is 23.7. The number of hydrogen-bond acceptors (Lipinski definition) is 10. The number of unbranched alkanes of at least 4 members (excludes halogenated alkanes) is 4. The third-order valence-electron chi connectivity index (χ3n) is 8.03. The lowest BCUT2D eigenvalue weighted by Crippen LogP contribution is -2.51. The standard InChI is InChI=1S/C38H55N3O7S/c1-8-45-33(42)25-47-35(37(44)48-38(4,5)6)34(46-22-14-9-11-15-29-17-16-27(2)28(3)23-29)36(43)41(7)21-13-10-12-20-39-30-18-19-31-32(24-30)49-26-40-31/h16-19,23-24,26,34-35,39H,8-15,20-22,25H2,1-7H3/t34-,35-/m1/s1. The van der Waals surface area contributed by atoms with Gasteiger partial charge in [-0.2, -0.15) is 0 Å². The van der Waals surface area contributed by atoms with Crippen LogP contribution in [0.3, 0.4) is 0 Å². The monoisotopic (exact) mass is 697 g/mol. The van der Waals surface area contributed by atoms with Crippen molar-refractivity contribution in [3.05, 3.63) is 58.6 Å². The normalized spacial score (nSPS) is 12.8. The lowest BCUT2D eigenvalue weighted by molar-refractivity contribution is -0.187. The van der Waals surface area contributed by atoms with Gasteiger partial charge in [0.05, 0.1) is 22.3 Å². The van der Waals surface area contributed by atoms with Crippen molar-refractivity contribution in [1.82, 2.24) is 9.88 Å². The summed E-state index contributed by atoms with van der Waals surface area (Å²) in [5, 5.41) is 3.46. The molecule has 0 saturated carbocycles. The minimum Gasteiger partial charge on any atom is -0.464 e. The van der Waals surface area contributed by atoms with Crippen LogP contribution in [-0.4, -0.2) is 85.5 Å². The van der Waals surface area contributed by atoms with Crippen molar-refractivity contribution >= 4 is 45.1 Å². The van der Waals surface area contributed by atoms with E-state index in [1.165, 1.54) is 16.7 Å². The van der Waals surface area contributed by atoms with Gasteiger partial charge in [-0.3, -0.25) is 4.79 Å². The predicted octanol–water partition coefficient (Wildman–Crippen LogP) is 7.04. The predicted molar refractivity (Wildman–Crippen MR) is 195 cm³/mol. The van der Waals surface area contributed by atoms with E-state index in [9.17, 15) is 14.4 Å². The molecule has 0 unspecified atom stereocenters. The van der Waals surface area contributed by atoms with Gasteiger partial charge in [-0.1, -0.05) is 24.6 Å². The number of thiazole rings is 1. The summed E-state index contributed by atoms with van der Waals surface area (Å²) in [6.45, 7) is 12.3. The molecule has 2 atom stereocenters. The van der Waals surface area contributed by atoms with Crippen LogP contribution in [0, 0.1) is 13.8 Å². The molecule has 1 aromatic heterocycles. The van der Waals surface area contributed by atoms with Crippen LogP contribution in [0.2, 0.25) is 0 Å². The molecule has 0 radical (unpaired) electrons. The molecular weight excluding hydrogens is 642 g/mol. The molecule has 0 spiro atoms. The molecule has 0 aliphatic heterocycles. The first kappa shape index (κ1) is 39.9. The molecule has 0 saturated heterocycles. The lowest BCUT2D eigenvalue weighted by atomic mass is 10.0. The summed E-state index contributed by atoms with van der Waals surface area (Å²) in [5.74, 6) is -1.80. The first-order valence-electron chi connectivity index (χ1n) is 17.4. The van der Waals surface area contributed by atoms with Gasteiger partial charge in [-0.25, -0.2) is 14.6 Å². The van der Waals surface area contributed by atoms with Crippen LogP contribution in [0.25, 0.3) is 10.2 Å². The number of rotatable bonds is 21. The first-order valence-corrected chi connectivity index (χ1v) is 18.3. The number of likely N-dealkylation sites (N-methyl/N-ethyl adjacent to an activating group) is 1. The van der Waals surface area contributed by atoms with Crippen molar-refractivity contribution in [2.75, 3.05) is 45.3 Å². The molecule has 2 aromatic carbocycles. The van der Waals surface area contributed by atoms with E-state index in [-0.39, 0.29) is 13.2 Å². The molecular formula is C38H55N3O7S. The molecule has 3 aromatic rings. The Labute approximate surface area is 295 Å². The molecule has 49 heavy (non-hydrogen) atoms. The number of aryl methyl sites for hydroxylation is 3. The zero-order valence-corrected chi connectivity index (χ0v) is 31.2. The van der Waals surface area contributed by atoms with E-state index in [2.05, 4.69) is 48.4 Å². The van der Waals surface area contributed by atoms with Crippen molar-refractivity contribution in [3.8, 4) is 0 Å². The van der Waals surface area contributed by atoms with Crippen LogP contribution in [-0.2, 0) is 39.8 Å². The number of amides is 1. The van der Waals surface area contributed by atoms with Crippen molar-refractivity contribution in [2.45, 2.75) is 104 Å². The third-order valence-corrected chi connectivity index (χ3v) is 8.82. The number of benzene rings is 2. The van der Waals surface area contributed by atoms with Gasteiger partial charge in [0.25, 0.3) is 5.91 Å². The van der Waals surface area contributed by atoms with Gasteiger partial charge in [0.15, 0.2) is 12.2 Å². The average molecular weight is 698 g/mol. The summed E-state index contributed by atoms with van der Waals surface area (Å²) in [6, 6.07) is 12.7. The quantitative estimate of drug-likeness (QED) is 0.0924. The maximum Gasteiger partial charge on any atom is 0.339 e. The zero-order valence-electron chi connectivity index (χ0n) is 30.3. The number of nitrogens with zero attached hydrogens (tertiary/aromatic N) is 2. The molecule has 270 valence electrons. The van der Waals surface area contributed by atoms with E-state index in [1.54, 1.807) is 51.0 Å². The maximum absolute atomic E-state index is 13.9. The zero-order chi connectivity index (χ0) is 35.8. The number of anilines is 1. The van der Waals surface area contributed by atoms with Crippen LogP contribution in [0.4, 0.5) is 5.69 Å². The Morgan fingerprint density at radius 3 is 2.43 bits per heavy atom. The fourth-order valence-corrected chi connectivity index (χ4v) is 5.96. The molecule has 0 aliphatic carbocycles. The van der Waals surface area contributed by atoms with Crippen molar-refractivity contribution in [3.63, 3.8) is 0 Å². The van der Waals surface area contributed by atoms with Gasteiger partial charge >= 0.3 is 11.9 Å². The maximum atomic E-state index is 13.9. The Kier molecular flexibility index (Phi) is 16.5. The number of carbonyl (C=O) groups excluding carboxylic acids is 3. The number of esters is 2. The summed E-state index contributed by atoms with van der Waals surface area (Å²) in [5.41, 5.74) is 6.92. The van der Waals surface area contributed by atoms with Crippen LogP contribution in [0.15, 0.2) is 41.9 Å². The van der Waals surface area contributed by atoms with Crippen molar-refractivity contribution in [2.24, 2.45) is 0 Å². The van der Waals surface area contributed by atoms with E-state index in [1.807, 2.05) is 17.6 Å². The summed E-state index contributed by atoms with van der Waals surface area (Å²) in [4.78, 5) is 45.3. The van der Waals surface area contributed by atoms with Crippen molar-refractivity contribution < 1.29 is 33.3 Å². The highest BCUT2D eigenvalue weighted by Crippen LogP contribution is 2.22. The van der Waals surface area contributed by atoms with Gasteiger partial charge in [-0.15, -0.1) is 11.3 Å². The Morgan fingerprint density at radius 2 is 1.69 bits per heavy atom. The van der Waals surface area contributed by atoms with E-state index in [0.717, 1.165) is 61.0 Å². The Bertz CT molecular complexity index is 1490. The largest absolute Gasteiger partial charge is 0.464 e. The molecule has 1 heterocycles. The molecule has 0 aliphatic rings. The van der Waals surface area contributed by atoms with E-state index in [0.29, 0.717) is 13.0 Å². The number of hydrogen-bond donors (Lipinski definition) is 1. The summed E-state index contributed by atoms with van der Waals surface area (Å²) in [6.07, 6.45) is 3.37. The number of nitrogens with one attached hydrogen (secondary N) is 1. The van der Waals surface area contributed by atoms with Gasteiger partial charge < -0.3 is 29.2 Å². The minimum absolute atomic E-state index is 0.167.